The van der Waals surface area contributed by atoms with Crippen LogP contribution in [0.5, 0.6) is 0 Å². The number of amides is 1. The van der Waals surface area contributed by atoms with Crippen molar-refractivity contribution >= 4 is 5.91 Å². The molecule has 1 fully saturated rings. The minimum absolute atomic E-state index is 0.00412. The number of benzene rings is 1. The predicted molar refractivity (Wildman–Crippen MR) is 117 cm³/mol. The lowest BCUT2D eigenvalue weighted by molar-refractivity contribution is 0.0357. The number of nitrogens with zero attached hydrogens (tertiary/aromatic N) is 2. The number of aryl methyl sites for hydroxylation is 2. The molecule has 0 atom stereocenters. The van der Waals surface area contributed by atoms with E-state index in [-0.39, 0.29) is 5.91 Å². The number of carbonyl (C=O) groups excluding carboxylic acids is 1. The molecule has 1 aliphatic heterocycles. The molecule has 1 aromatic carbocycles. The van der Waals surface area contributed by atoms with E-state index in [1.165, 1.54) is 11.1 Å². The first-order chi connectivity index (χ1) is 13.8. The highest BCUT2D eigenvalue weighted by Crippen LogP contribution is 2.27. The summed E-state index contributed by atoms with van der Waals surface area (Å²) < 4.78 is 0. The highest BCUT2D eigenvalue weighted by molar-refractivity contribution is 5.93. The van der Waals surface area contributed by atoms with Gasteiger partial charge in [0, 0.05) is 18.7 Å². The smallest absolute Gasteiger partial charge is 0.271 e. The van der Waals surface area contributed by atoms with E-state index >= 15 is 0 Å². The molecule has 3 rings (SSSR count). The summed E-state index contributed by atoms with van der Waals surface area (Å²) in [5, 5.41) is 17.3. The summed E-state index contributed by atoms with van der Waals surface area (Å²) in [6.45, 7) is 11.1. The molecule has 0 bridgehead atoms. The normalized spacial score (nSPS) is 15.5. The van der Waals surface area contributed by atoms with Crippen molar-refractivity contribution in [1.82, 2.24) is 15.1 Å². The molecule has 0 spiro atoms. The largest absolute Gasteiger partial charge is 0.390 e. The summed E-state index contributed by atoms with van der Waals surface area (Å²) in [6.07, 6.45) is 6.48. The van der Waals surface area contributed by atoms with Crippen LogP contribution in [-0.2, 0) is 6.42 Å². The second kappa shape index (κ2) is 8.95. The third-order valence-corrected chi connectivity index (χ3v) is 5.76. The van der Waals surface area contributed by atoms with Crippen LogP contribution in [0.25, 0.3) is 11.3 Å². The number of carbonyl (C=O) groups is 1. The highest BCUT2D eigenvalue weighted by atomic mass is 16.3. The first kappa shape index (κ1) is 21.3. The average molecular weight is 396 g/mol. The molecule has 2 aromatic rings. The SMILES string of the molecule is C=CCCc1cc(-c2cc(C(=O)N3CCC(CC(C)(C)O)CC3)[nH]n2)ccc1C. The van der Waals surface area contributed by atoms with Crippen LogP contribution in [0.4, 0.5) is 0 Å². The number of nitrogens with one attached hydrogen (secondary N) is 1. The van der Waals surface area contributed by atoms with Crippen molar-refractivity contribution in [3.8, 4) is 11.3 Å². The van der Waals surface area contributed by atoms with Crippen LogP contribution < -0.4 is 0 Å². The summed E-state index contributed by atoms with van der Waals surface area (Å²) in [4.78, 5) is 14.8. The predicted octanol–water partition coefficient (Wildman–Crippen LogP) is 4.52. The summed E-state index contributed by atoms with van der Waals surface area (Å²) in [5.74, 6) is 0.474. The molecule has 29 heavy (non-hydrogen) atoms. The van der Waals surface area contributed by atoms with Crippen molar-refractivity contribution in [2.45, 2.75) is 58.5 Å². The van der Waals surface area contributed by atoms with Gasteiger partial charge in [0.05, 0.1) is 11.3 Å². The minimum Gasteiger partial charge on any atom is -0.390 e. The maximum absolute atomic E-state index is 12.9. The second-order valence-corrected chi connectivity index (χ2v) is 8.89. The maximum Gasteiger partial charge on any atom is 0.271 e. The topological polar surface area (TPSA) is 69.2 Å². The number of H-pyrrole nitrogens is 1. The Morgan fingerprint density at radius 2 is 2.07 bits per heavy atom. The zero-order valence-corrected chi connectivity index (χ0v) is 17.9. The summed E-state index contributed by atoms with van der Waals surface area (Å²) in [6, 6.07) is 8.18. The van der Waals surface area contributed by atoms with Crippen LogP contribution in [0, 0.1) is 12.8 Å². The molecule has 156 valence electrons. The number of aliphatic hydroxyl groups is 1. The van der Waals surface area contributed by atoms with Gasteiger partial charge >= 0.3 is 0 Å². The summed E-state index contributed by atoms with van der Waals surface area (Å²) >= 11 is 0. The Morgan fingerprint density at radius 3 is 2.72 bits per heavy atom. The number of piperidine rings is 1. The van der Waals surface area contributed by atoms with Gasteiger partial charge in [0.1, 0.15) is 5.69 Å². The lowest BCUT2D eigenvalue weighted by Crippen LogP contribution is -2.40. The van der Waals surface area contributed by atoms with Gasteiger partial charge in [-0.15, -0.1) is 6.58 Å². The van der Waals surface area contributed by atoms with Crippen molar-refractivity contribution in [3.63, 3.8) is 0 Å². The number of hydrogen-bond acceptors (Lipinski definition) is 3. The quantitative estimate of drug-likeness (QED) is 0.678. The highest BCUT2D eigenvalue weighted by Gasteiger charge is 2.28. The van der Waals surface area contributed by atoms with Crippen molar-refractivity contribution < 1.29 is 9.90 Å². The molecular formula is C24H33N3O2. The molecule has 1 aromatic heterocycles. The first-order valence-electron chi connectivity index (χ1n) is 10.5. The lowest BCUT2D eigenvalue weighted by atomic mass is 9.86. The Hall–Kier alpha value is -2.40. The zero-order valence-electron chi connectivity index (χ0n) is 17.9. The molecule has 0 saturated carbocycles. The maximum atomic E-state index is 12.9. The summed E-state index contributed by atoms with van der Waals surface area (Å²) in [7, 11) is 0. The van der Waals surface area contributed by atoms with Gasteiger partial charge in [-0.3, -0.25) is 9.89 Å². The second-order valence-electron chi connectivity index (χ2n) is 8.89. The van der Waals surface area contributed by atoms with E-state index in [2.05, 4.69) is 41.9 Å². The van der Waals surface area contributed by atoms with Crippen LogP contribution >= 0.6 is 0 Å². The van der Waals surface area contributed by atoms with Gasteiger partial charge in [-0.25, -0.2) is 0 Å². The standard InChI is InChI=1S/C24H33N3O2/c1-5-6-7-19-14-20(9-8-17(19)2)21-15-22(26-25-21)23(28)27-12-10-18(11-13-27)16-24(3,4)29/h5,8-9,14-15,18,29H,1,6-7,10-13,16H2,2-4H3,(H,25,26). The molecule has 5 nitrogen and oxygen atoms in total. The van der Waals surface area contributed by atoms with Crippen molar-refractivity contribution in [3.05, 3.63) is 53.7 Å². The van der Waals surface area contributed by atoms with Gasteiger partial charge in [-0.05, 0) is 82.1 Å². The van der Waals surface area contributed by atoms with E-state index in [0.717, 1.165) is 56.5 Å². The molecule has 0 radical (unpaired) electrons. The van der Waals surface area contributed by atoms with Crippen LogP contribution in [0.3, 0.4) is 0 Å². The van der Waals surface area contributed by atoms with Crippen LogP contribution in [0.15, 0.2) is 36.9 Å². The Balaban J connectivity index is 1.66. The van der Waals surface area contributed by atoms with Gasteiger partial charge < -0.3 is 10.0 Å². The first-order valence-corrected chi connectivity index (χ1v) is 10.5. The molecule has 0 unspecified atom stereocenters. The minimum atomic E-state index is -0.645. The number of allylic oxidation sites excluding steroid dienone is 1. The van der Waals surface area contributed by atoms with Gasteiger partial charge in [0.2, 0.25) is 0 Å². The van der Waals surface area contributed by atoms with Crippen LogP contribution in [0.2, 0.25) is 0 Å². The number of aromatic amines is 1. The molecule has 2 N–H and O–H groups in total. The fourth-order valence-electron chi connectivity index (χ4n) is 4.15. The monoisotopic (exact) mass is 395 g/mol. The fraction of sp³-hybridized carbons (Fsp3) is 0.500. The van der Waals surface area contributed by atoms with Crippen LogP contribution in [-0.4, -0.2) is 44.8 Å². The lowest BCUT2D eigenvalue weighted by Gasteiger charge is -2.34. The van der Waals surface area contributed by atoms with E-state index in [1.54, 1.807) is 0 Å². The van der Waals surface area contributed by atoms with Crippen molar-refractivity contribution in [2.75, 3.05) is 13.1 Å². The fourth-order valence-corrected chi connectivity index (χ4v) is 4.15. The molecule has 5 heteroatoms. The van der Waals surface area contributed by atoms with E-state index in [9.17, 15) is 9.90 Å². The van der Waals surface area contributed by atoms with Crippen LogP contribution in [0.1, 0.15) is 61.1 Å². The van der Waals surface area contributed by atoms with E-state index in [0.29, 0.717) is 11.6 Å². The molecule has 1 amide bonds. The van der Waals surface area contributed by atoms with E-state index < -0.39 is 5.60 Å². The Bertz CT molecular complexity index is 855. The summed E-state index contributed by atoms with van der Waals surface area (Å²) in [5.41, 5.74) is 4.25. The number of likely N-dealkylation sites (tertiary alicyclic amines) is 1. The molecule has 1 saturated heterocycles. The molecule has 1 aliphatic rings. The van der Waals surface area contributed by atoms with Gasteiger partial charge in [0.15, 0.2) is 0 Å². The van der Waals surface area contributed by atoms with E-state index in [4.69, 9.17) is 0 Å². The Labute approximate surface area is 173 Å². The average Bonchev–Trinajstić information content (AvgIpc) is 3.16. The van der Waals surface area contributed by atoms with Gasteiger partial charge in [0.25, 0.3) is 5.91 Å². The van der Waals surface area contributed by atoms with E-state index in [1.807, 2.05) is 30.9 Å². The molecule has 2 heterocycles. The number of rotatable bonds is 7. The van der Waals surface area contributed by atoms with Crippen molar-refractivity contribution in [2.24, 2.45) is 5.92 Å². The third-order valence-electron chi connectivity index (χ3n) is 5.76. The van der Waals surface area contributed by atoms with Gasteiger partial charge in [-0.2, -0.15) is 5.10 Å². The zero-order chi connectivity index (χ0) is 21.0. The Kier molecular flexibility index (Phi) is 6.58. The van der Waals surface area contributed by atoms with Gasteiger partial charge in [-0.1, -0.05) is 18.2 Å². The molecular weight excluding hydrogens is 362 g/mol. The number of hydrogen-bond donors (Lipinski definition) is 2. The Morgan fingerprint density at radius 1 is 1.34 bits per heavy atom. The molecule has 0 aliphatic carbocycles. The number of aromatic nitrogens is 2. The van der Waals surface area contributed by atoms with Crippen molar-refractivity contribution in [1.29, 1.82) is 0 Å². The third kappa shape index (κ3) is 5.57.